The first kappa shape index (κ1) is 25.5. The van der Waals surface area contributed by atoms with Crippen LogP contribution in [0.5, 0.6) is 0 Å². The fraction of sp³-hybridized carbons (Fsp3) is 0.286. The number of hydrogen-bond acceptors (Lipinski definition) is 3. The second kappa shape index (κ2) is 10.4. The first-order valence-corrected chi connectivity index (χ1v) is 15.3. The Morgan fingerprint density at radius 2 is 0.947 bits per heavy atom. The van der Waals surface area contributed by atoms with Gasteiger partial charge in [0.25, 0.3) is 0 Å². The number of aryl methyl sites for hydroxylation is 2. The molecule has 4 aromatic carbocycles. The van der Waals surface area contributed by atoms with E-state index >= 15 is 4.79 Å². The summed E-state index contributed by atoms with van der Waals surface area (Å²) in [5.41, 5.74) is 5.07. The molecule has 4 aromatic rings. The third-order valence-electron chi connectivity index (χ3n) is 8.55. The molecule has 4 atom stereocenters. The average molecular weight is 535 g/mol. The van der Waals surface area contributed by atoms with Crippen LogP contribution in [0.3, 0.4) is 0 Å². The van der Waals surface area contributed by atoms with Crippen molar-refractivity contribution in [3.63, 3.8) is 0 Å². The van der Waals surface area contributed by atoms with E-state index in [1.165, 1.54) is 32.0 Å². The molecule has 1 nitrogen and oxygen atoms in total. The van der Waals surface area contributed by atoms with E-state index in [2.05, 4.69) is 123 Å². The number of hydrogen-bond donors (Lipinski definition) is 0. The minimum atomic E-state index is -0.470. The van der Waals surface area contributed by atoms with Crippen molar-refractivity contribution in [1.29, 1.82) is 0 Å². The van der Waals surface area contributed by atoms with E-state index in [4.69, 9.17) is 0 Å². The highest BCUT2D eigenvalue weighted by atomic mass is 32.2. The largest absolute Gasteiger partial charge is 0.296 e. The van der Waals surface area contributed by atoms with E-state index in [9.17, 15) is 0 Å². The molecule has 2 saturated carbocycles. The van der Waals surface area contributed by atoms with Gasteiger partial charge < -0.3 is 0 Å². The summed E-state index contributed by atoms with van der Waals surface area (Å²) in [5.74, 6) is 0.867. The highest BCUT2D eigenvalue weighted by molar-refractivity contribution is 8.03. The summed E-state index contributed by atoms with van der Waals surface area (Å²) in [6, 6.07) is 39.0. The number of carbonyl (C=O) groups is 1. The number of ketones is 1. The molecule has 0 heterocycles. The number of thioether (sulfide) groups is 2. The van der Waals surface area contributed by atoms with Crippen molar-refractivity contribution >= 4 is 29.3 Å². The predicted octanol–water partition coefficient (Wildman–Crippen LogP) is 9.39. The highest BCUT2D eigenvalue weighted by Crippen LogP contribution is 2.65. The van der Waals surface area contributed by atoms with Gasteiger partial charge in [-0.25, -0.2) is 0 Å². The van der Waals surface area contributed by atoms with Gasteiger partial charge in [-0.3, -0.25) is 4.79 Å². The first-order valence-electron chi connectivity index (χ1n) is 13.7. The Kier molecular flexibility index (Phi) is 7.01. The van der Waals surface area contributed by atoms with Crippen LogP contribution in [0.2, 0.25) is 0 Å². The van der Waals surface area contributed by atoms with E-state index < -0.39 is 9.49 Å². The SMILES string of the molecule is Cc1ccc(SC2(C(=O)C3(Sc4ccc(C)cc4)CCC3c3ccccc3)CCC2c2ccccc2)cc1. The van der Waals surface area contributed by atoms with Crippen molar-refractivity contribution in [2.45, 2.75) is 70.7 Å². The lowest BCUT2D eigenvalue weighted by molar-refractivity contribution is -0.129. The summed E-state index contributed by atoms with van der Waals surface area (Å²) >= 11 is 3.64. The average Bonchev–Trinajstić information content (AvgIpc) is 2.92. The Labute approximate surface area is 235 Å². The van der Waals surface area contributed by atoms with Crippen LogP contribution in [-0.2, 0) is 4.79 Å². The predicted molar refractivity (Wildman–Crippen MR) is 161 cm³/mol. The van der Waals surface area contributed by atoms with Gasteiger partial charge >= 0.3 is 0 Å². The molecule has 0 aliphatic heterocycles. The smallest absolute Gasteiger partial charge is 0.166 e. The molecule has 0 aromatic heterocycles. The van der Waals surface area contributed by atoms with Crippen molar-refractivity contribution in [3.05, 3.63) is 131 Å². The minimum absolute atomic E-state index is 0.218. The second-order valence-corrected chi connectivity index (χ2v) is 13.8. The summed E-state index contributed by atoms with van der Waals surface area (Å²) in [5, 5.41) is 0. The van der Waals surface area contributed by atoms with Crippen LogP contribution in [0.1, 0.15) is 59.8 Å². The number of benzene rings is 4. The van der Waals surface area contributed by atoms with Crippen molar-refractivity contribution in [2.24, 2.45) is 0 Å². The normalized spacial score (nSPS) is 26.3. The van der Waals surface area contributed by atoms with E-state index in [0.717, 1.165) is 25.7 Å². The Balaban J connectivity index is 1.45. The van der Waals surface area contributed by atoms with Gasteiger partial charge in [-0.15, -0.1) is 23.5 Å². The van der Waals surface area contributed by atoms with E-state index in [-0.39, 0.29) is 11.8 Å². The van der Waals surface area contributed by atoms with Crippen molar-refractivity contribution < 1.29 is 4.79 Å². The van der Waals surface area contributed by atoms with E-state index in [1.54, 1.807) is 0 Å². The van der Waals surface area contributed by atoms with Gasteiger partial charge in [-0.1, -0.05) is 96.1 Å². The lowest BCUT2D eigenvalue weighted by Crippen LogP contribution is -2.62. The van der Waals surface area contributed by atoms with Crippen molar-refractivity contribution in [1.82, 2.24) is 0 Å². The Bertz CT molecular complexity index is 1290. The van der Waals surface area contributed by atoms with Gasteiger partial charge in [0.1, 0.15) is 0 Å². The quantitative estimate of drug-likeness (QED) is 0.224. The lowest BCUT2D eigenvalue weighted by atomic mass is 9.58. The third kappa shape index (κ3) is 4.54. The molecular weight excluding hydrogens is 501 g/mol. The molecule has 192 valence electrons. The van der Waals surface area contributed by atoms with Crippen molar-refractivity contribution in [2.75, 3.05) is 0 Å². The molecule has 2 aliphatic rings. The van der Waals surface area contributed by atoms with Gasteiger partial charge in [-0.2, -0.15) is 0 Å². The fourth-order valence-electron chi connectivity index (χ4n) is 6.22. The van der Waals surface area contributed by atoms with Gasteiger partial charge in [0.05, 0.1) is 9.49 Å². The van der Waals surface area contributed by atoms with E-state index in [0.29, 0.717) is 5.78 Å². The summed E-state index contributed by atoms with van der Waals surface area (Å²) in [4.78, 5) is 17.7. The zero-order valence-corrected chi connectivity index (χ0v) is 23.7. The molecule has 6 rings (SSSR count). The Morgan fingerprint density at radius 1 is 0.579 bits per heavy atom. The number of Topliss-reactive ketones (excluding diaryl/α,β-unsaturated/α-hetero) is 1. The van der Waals surface area contributed by atoms with Crippen LogP contribution in [0.4, 0.5) is 0 Å². The monoisotopic (exact) mass is 534 g/mol. The molecule has 0 radical (unpaired) electrons. The minimum Gasteiger partial charge on any atom is -0.296 e. The molecule has 0 amide bonds. The molecule has 2 aliphatic carbocycles. The second-order valence-electron chi connectivity index (χ2n) is 10.9. The molecule has 4 unspecified atom stereocenters. The lowest BCUT2D eigenvalue weighted by Gasteiger charge is -2.57. The molecule has 0 saturated heterocycles. The Morgan fingerprint density at radius 3 is 1.26 bits per heavy atom. The van der Waals surface area contributed by atoms with Crippen LogP contribution in [0, 0.1) is 13.8 Å². The topological polar surface area (TPSA) is 17.1 Å². The maximum atomic E-state index is 15.3. The van der Waals surface area contributed by atoms with Crippen LogP contribution in [0.15, 0.2) is 119 Å². The molecule has 3 heteroatoms. The van der Waals surface area contributed by atoms with Crippen LogP contribution < -0.4 is 0 Å². The van der Waals surface area contributed by atoms with Crippen molar-refractivity contribution in [3.8, 4) is 0 Å². The summed E-state index contributed by atoms with van der Waals surface area (Å²) in [6.45, 7) is 4.25. The van der Waals surface area contributed by atoms with Gasteiger partial charge in [-0.05, 0) is 74.9 Å². The summed E-state index contributed by atoms with van der Waals surface area (Å²) < 4.78 is -0.941. The van der Waals surface area contributed by atoms with Crippen LogP contribution in [-0.4, -0.2) is 15.3 Å². The standard InChI is InChI=1S/C35H34OS2/c1-25-13-17-29(18-14-25)37-34(23-21-31(34)27-9-5-3-6-10-27)33(36)35(38-30-19-15-26(2)16-20-30)24-22-32(35)28-11-7-4-8-12-28/h3-20,31-32H,21-24H2,1-2H3. The van der Waals surface area contributed by atoms with Gasteiger partial charge in [0.15, 0.2) is 5.78 Å². The highest BCUT2D eigenvalue weighted by Gasteiger charge is 2.64. The van der Waals surface area contributed by atoms with Crippen LogP contribution >= 0.6 is 23.5 Å². The molecule has 0 bridgehead atoms. The first-order chi connectivity index (χ1) is 18.5. The van der Waals surface area contributed by atoms with Gasteiger partial charge in [0, 0.05) is 21.6 Å². The summed E-state index contributed by atoms with van der Waals surface area (Å²) in [7, 11) is 0. The molecular formula is C35H34OS2. The molecule has 38 heavy (non-hydrogen) atoms. The number of carbonyl (C=O) groups excluding carboxylic acids is 1. The maximum absolute atomic E-state index is 15.3. The zero-order valence-electron chi connectivity index (χ0n) is 22.1. The molecule has 0 N–H and O–H groups in total. The Hall–Kier alpha value is -2.75. The van der Waals surface area contributed by atoms with Gasteiger partial charge in [0.2, 0.25) is 0 Å². The molecule has 2 fully saturated rings. The third-order valence-corrected chi connectivity index (χ3v) is 11.6. The maximum Gasteiger partial charge on any atom is 0.166 e. The zero-order chi connectivity index (χ0) is 26.2. The molecule has 0 spiro atoms. The fourth-order valence-corrected chi connectivity index (χ4v) is 9.45. The van der Waals surface area contributed by atoms with E-state index in [1.807, 2.05) is 23.5 Å². The number of rotatable bonds is 8. The summed E-state index contributed by atoms with van der Waals surface area (Å²) in [6.07, 6.45) is 3.94. The van der Waals surface area contributed by atoms with Crippen LogP contribution in [0.25, 0.3) is 0 Å².